The Morgan fingerprint density at radius 1 is 1.08 bits per heavy atom. The summed E-state index contributed by atoms with van der Waals surface area (Å²) in [4.78, 5) is 9.73. The lowest BCUT2D eigenvalue weighted by Crippen LogP contribution is -2.41. The fraction of sp³-hybridized carbons (Fsp3) is 0.467. The van der Waals surface area contributed by atoms with E-state index in [2.05, 4.69) is 9.98 Å². The van der Waals surface area contributed by atoms with Gasteiger partial charge in [-0.05, 0) is 37.0 Å². The molecule has 0 unspecified atom stereocenters. The van der Waals surface area contributed by atoms with Crippen LogP contribution in [0.25, 0.3) is 0 Å². The number of nitrogens with two attached hydrogens (primary N) is 2. The summed E-state index contributed by atoms with van der Waals surface area (Å²) < 4.78 is 51.2. The molecule has 0 saturated carbocycles. The summed E-state index contributed by atoms with van der Waals surface area (Å²) in [6, 6.07) is 2.69. The van der Waals surface area contributed by atoms with Gasteiger partial charge in [0.2, 0.25) is 5.96 Å². The van der Waals surface area contributed by atoms with E-state index in [9.17, 15) is 17.6 Å². The van der Waals surface area contributed by atoms with Crippen molar-refractivity contribution in [3.05, 3.63) is 35.1 Å². The van der Waals surface area contributed by atoms with E-state index in [0.717, 1.165) is 38.4 Å². The second-order valence-corrected chi connectivity index (χ2v) is 5.50. The fourth-order valence-electron chi connectivity index (χ4n) is 2.41. The molecule has 148 valence electrons. The number of guanidine groups is 2. The molecule has 5 nitrogen and oxygen atoms in total. The summed E-state index contributed by atoms with van der Waals surface area (Å²) in [5, 5.41) is 0. The second kappa shape index (κ2) is 10.4. The van der Waals surface area contributed by atoms with Crippen LogP contribution in [0.2, 0.25) is 0 Å². The lowest BCUT2D eigenvalue weighted by Gasteiger charge is -2.27. The highest BCUT2D eigenvalue weighted by atomic mass is 35.5. The minimum absolute atomic E-state index is 0. The maximum Gasteiger partial charge on any atom is 0.419 e. The molecule has 0 aliphatic carbocycles. The van der Waals surface area contributed by atoms with Crippen molar-refractivity contribution in [2.24, 2.45) is 21.5 Å². The highest BCUT2D eigenvalue weighted by molar-refractivity contribution is 5.93. The van der Waals surface area contributed by atoms with Gasteiger partial charge in [0.15, 0.2) is 5.96 Å². The van der Waals surface area contributed by atoms with E-state index in [1.807, 2.05) is 4.90 Å². The number of rotatable bonds is 2. The predicted octanol–water partition coefficient (Wildman–Crippen LogP) is 3.30. The number of hydrogen-bond acceptors (Lipinski definition) is 1. The molecule has 1 fully saturated rings. The van der Waals surface area contributed by atoms with Crippen LogP contribution in [0.4, 0.5) is 17.6 Å². The van der Waals surface area contributed by atoms with Crippen LogP contribution >= 0.6 is 24.8 Å². The van der Waals surface area contributed by atoms with Gasteiger partial charge in [0.25, 0.3) is 0 Å². The third-order valence-corrected chi connectivity index (χ3v) is 3.67. The van der Waals surface area contributed by atoms with Gasteiger partial charge >= 0.3 is 6.18 Å². The van der Waals surface area contributed by atoms with Crippen molar-refractivity contribution >= 4 is 36.7 Å². The molecule has 4 N–H and O–H groups in total. The Kier molecular flexibility index (Phi) is 9.72. The standard InChI is InChI=1S/C15H19F4N5.2ClH/c16-12-5-4-10(8-11(12)15(17,18)19)9-22-13(20)23-14(21)24-6-2-1-3-7-24;;/h4-5,8H,1-3,6-7,9H2,(H4,20,21,22,23);2*1H. The molecule has 0 spiro atoms. The van der Waals surface area contributed by atoms with Gasteiger partial charge in [0.1, 0.15) is 5.82 Å². The smallest absolute Gasteiger partial charge is 0.369 e. The number of aliphatic imine (C=N–C) groups is 2. The van der Waals surface area contributed by atoms with E-state index >= 15 is 0 Å². The summed E-state index contributed by atoms with van der Waals surface area (Å²) in [5.74, 6) is -1.21. The van der Waals surface area contributed by atoms with Crippen LogP contribution in [0.3, 0.4) is 0 Å². The summed E-state index contributed by atoms with van der Waals surface area (Å²) in [5.41, 5.74) is 10.3. The third-order valence-electron chi connectivity index (χ3n) is 3.67. The van der Waals surface area contributed by atoms with Crippen molar-refractivity contribution < 1.29 is 17.6 Å². The molecule has 0 bridgehead atoms. The quantitative estimate of drug-likeness (QED) is 0.440. The van der Waals surface area contributed by atoms with Gasteiger partial charge in [-0.25, -0.2) is 9.38 Å². The van der Waals surface area contributed by atoms with E-state index in [0.29, 0.717) is 6.07 Å². The van der Waals surface area contributed by atoms with E-state index in [1.54, 1.807) is 0 Å². The predicted molar refractivity (Wildman–Crippen MR) is 98.3 cm³/mol. The van der Waals surface area contributed by atoms with Crippen LogP contribution in [-0.2, 0) is 12.7 Å². The number of piperidine rings is 1. The average Bonchev–Trinajstić information content (AvgIpc) is 2.53. The highest BCUT2D eigenvalue weighted by Crippen LogP contribution is 2.32. The van der Waals surface area contributed by atoms with Gasteiger partial charge in [-0.1, -0.05) is 6.07 Å². The lowest BCUT2D eigenvalue weighted by atomic mass is 10.1. The van der Waals surface area contributed by atoms with Crippen LogP contribution in [-0.4, -0.2) is 29.9 Å². The van der Waals surface area contributed by atoms with Gasteiger partial charge in [0, 0.05) is 13.1 Å². The van der Waals surface area contributed by atoms with Gasteiger partial charge < -0.3 is 16.4 Å². The minimum atomic E-state index is -4.76. The molecule has 26 heavy (non-hydrogen) atoms. The van der Waals surface area contributed by atoms with Crippen LogP contribution in [0, 0.1) is 5.82 Å². The molecule has 1 aliphatic rings. The number of benzene rings is 1. The Bertz CT molecular complexity index is 643. The number of alkyl halides is 3. The summed E-state index contributed by atoms with van der Waals surface area (Å²) in [6.45, 7) is 1.43. The molecule has 0 amide bonds. The number of nitrogens with zero attached hydrogens (tertiary/aromatic N) is 3. The number of halogens is 6. The Labute approximate surface area is 161 Å². The van der Waals surface area contributed by atoms with Crippen molar-refractivity contribution in [3.8, 4) is 0 Å². The van der Waals surface area contributed by atoms with E-state index < -0.39 is 17.6 Å². The van der Waals surface area contributed by atoms with Crippen LogP contribution in [0.15, 0.2) is 28.2 Å². The first kappa shape index (κ1) is 24.3. The Balaban J connectivity index is 0.00000312. The second-order valence-electron chi connectivity index (χ2n) is 5.50. The van der Waals surface area contributed by atoms with Gasteiger partial charge in [-0.3, -0.25) is 0 Å². The number of hydrogen-bond donors (Lipinski definition) is 2. The maximum absolute atomic E-state index is 13.2. The largest absolute Gasteiger partial charge is 0.419 e. The fourth-order valence-corrected chi connectivity index (χ4v) is 2.41. The monoisotopic (exact) mass is 417 g/mol. The molecule has 1 saturated heterocycles. The zero-order valence-corrected chi connectivity index (χ0v) is 15.4. The molecule has 0 radical (unpaired) electrons. The first-order chi connectivity index (χ1) is 11.3. The topological polar surface area (TPSA) is 80.0 Å². The maximum atomic E-state index is 13.2. The molecule has 0 aromatic heterocycles. The zero-order chi connectivity index (χ0) is 17.7. The Morgan fingerprint density at radius 3 is 2.27 bits per heavy atom. The molecule has 2 rings (SSSR count). The SMILES string of the molecule is Cl.Cl.NC(=NCc1ccc(F)c(C(F)(F)F)c1)/N=C(/N)N1CCCCC1. The van der Waals surface area contributed by atoms with Crippen molar-refractivity contribution in [2.75, 3.05) is 13.1 Å². The van der Waals surface area contributed by atoms with Gasteiger partial charge in [-0.2, -0.15) is 18.2 Å². The van der Waals surface area contributed by atoms with Crippen LogP contribution in [0.1, 0.15) is 30.4 Å². The summed E-state index contributed by atoms with van der Waals surface area (Å²) in [6.07, 6.45) is -1.59. The van der Waals surface area contributed by atoms with E-state index in [1.165, 1.54) is 6.07 Å². The lowest BCUT2D eigenvalue weighted by molar-refractivity contribution is -0.140. The molecule has 1 aliphatic heterocycles. The summed E-state index contributed by atoms with van der Waals surface area (Å²) >= 11 is 0. The molecular weight excluding hydrogens is 397 g/mol. The van der Waals surface area contributed by atoms with Crippen molar-refractivity contribution in [1.82, 2.24) is 4.90 Å². The van der Waals surface area contributed by atoms with E-state index in [-0.39, 0.29) is 48.8 Å². The number of likely N-dealkylation sites (tertiary alicyclic amines) is 1. The first-order valence-electron chi connectivity index (χ1n) is 7.52. The molecule has 1 aromatic carbocycles. The highest BCUT2D eigenvalue weighted by Gasteiger charge is 2.34. The van der Waals surface area contributed by atoms with Crippen molar-refractivity contribution in [2.45, 2.75) is 32.0 Å². The molecule has 0 atom stereocenters. The van der Waals surface area contributed by atoms with Crippen LogP contribution < -0.4 is 11.5 Å². The van der Waals surface area contributed by atoms with Crippen molar-refractivity contribution in [1.29, 1.82) is 0 Å². The first-order valence-corrected chi connectivity index (χ1v) is 7.52. The summed E-state index contributed by atoms with van der Waals surface area (Å²) in [7, 11) is 0. The van der Waals surface area contributed by atoms with Crippen molar-refractivity contribution in [3.63, 3.8) is 0 Å². The third kappa shape index (κ3) is 6.87. The molecule has 1 aromatic rings. The minimum Gasteiger partial charge on any atom is -0.369 e. The van der Waals surface area contributed by atoms with E-state index in [4.69, 9.17) is 11.5 Å². The van der Waals surface area contributed by atoms with Gasteiger partial charge in [0.05, 0.1) is 12.1 Å². The molecule has 11 heteroatoms. The van der Waals surface area contributed by atoms with Crippen LogP contribution in [0.5, 0.6) is 0 Å². The Hall–Kier alpha value is -1.74. The van der Waals surface area contributed by atoms with Gasteiger partial charge in [-0.15, -0.1) is 24.8 Å². The average molecular weight is 418 g/mol. The normalized spacial score (nSPS) is 15.9. The molecule has 1 heterocycles. The zero-order valence-electron chi connectivity index (χ0n) is 13.8. The Morgan fingerprint density at radius 2 is 1.69 bits per heavy atom. The molecular formula is C15H21Cl2F4N5.